The van der Waals surface area contributed by atoms with Gasteiger partial charge in [-0.2, -0.15) is 4.31 Å². The number of piperidine rings is 1. The Morgan fingerprint density at radius 3 is 2.39 bits per heavy atom. The maximum Gasteiger partial charge on any atom is 0.243 e. The molecule has 2 atom stereocenters. The predicted octanol–water partition coefficient (Wildman–Crippen LogP) is 4.26. The lowest BCUT2D eigenvalue weighted by Crippen LogP contribution is -2.55. The third-order valence-corrected chi connectivity index (χ3v) is 10.5. The molecule has 1 N–H and O–H groups in total. The minimum Gasteiger partial charge on any atom is -0.490 e. The third-order valence-electron chi connectivity index (χ3n) is 8.67. The summed E-state index contributed by atoms with van der Waals surface area (Å²) in [5.41, 5.74) is 3.12. The molecule has 0 aliphatic carbocycles. The van der Waals surface area contributed by atoms with Gasteiger partial charge < -0.3 is 33.7 Å². The number of aliphatic hydroxyl groups is 1. The van der Waals surface area contributed by atoms with Gasteiger partial charge in [0.2, 0.25) is 10.0 Å². The SMILES string of the molecule is COCCCN1CCOc2ccc(CO[C@H]3CN(S(=O)(=O)c4ccc(C)cc4)CC[C@]3(O)c3ccc(COCCOC)cc3)cc21. The van der Waals surface area contributed by atoms with Gasteiger partial charge in [-0.25, -0.2) is 8.42 Å². The molecule has 1 fully saturated rings. The first-order chi connectivity index (χ1) is 22.2. The van der Waals surface area contributed by atoms with Crippen molar-refractivity contribution in [2.24, 2.45) is 0 Å². The fourth-order valence-electron chi connectivity index (χ4n) is 5.94. The van der Waals surface area contributed by atoms with E-state index in [0.717, 1.165) is 47.6 Å². The van der Waals surface area contributed by atoms with Crippen LogP contribution in [0.25, 0.3) is 0 Å². The lowest BCUT2D eigenvalue weighted by atomic mass is 9.82. The van der Waals surface area contributed by atoms with Crippen LogP contribution < -0.4 is 9.64 Å². The van der Waals surface area contributed by atoms with E-state index in [1.165, 1.54) is 4.31 Å². The highest BCUT2D eigenvalue weighted by molar-refractivity contribution is 7.89. The molecule has 0 saturated carbocycles. The van der Waals surface area contributed by atoms with Crippen molar-refractivity contribution in [3.8, 4) is 5.75 Å². The average molecular weight is 655 g/mol. The number of anilines is 1. The van der Waals surface area contributed by atoms with Crippen LogP contribution in [0.5, 0.6) is 5.75 Å². The van der Waals surface area contributed by atoms with Crippen LogP contribution in [0.2, 0.25) is 0 Å². The first kappa shape index (κ1) is 34.3. The predicted molar refractivity (Wildman–Crippen MR) is 176 cm³/mol. The summed E-state index contributed by atoms with van der Waals surface area (Å²) in [6.07, 6.45) is 0.253. The Morgan fingerprint density at radius 1 is 0.913 bits per heavy atom. The zero-order valence-electron chi connectivity index (χ0n) is 27.0. The van der Waals surface area contributed by atoms with Crippen LogP contribution in [-0.2, 0) is 47.8 Å². The zero-order valence-corrected chi connectivity index (χ0v) is 27.8. The second-order valence-electron chi connectivity index (χ2n) is 11.9. The molecule has 0 spiro atoms. The van der Waals surface area contributed by atoms with Crippen LogP contribution in [-0.4, -0.2) is 90.8 Å². The molecule has 0 bridgehead atoms. The molecule has 0 radical (unpaired) electrons. The molecule has 10 nitrogen and oxygen atoms in total. The van der Waals surface area contributed by atoms with Gasteiger partial charge in [-0.05, 0) is 60.7 Å². The average Bonchev–Trinajstić information content (AvgIpc) is 3.07. The quantitative estimate of drug-likeness (QED) is 0.241. The summed E-state index contributed by atoms with van der Waals surface area (Å²) in [5, 5.41) is 12.2. The molecule has 5 rings (SSSR count). The lowest BCUT2D eigenvalue weighted by molar-refractivity contribution is -0.146. The van der Waals surface area contributed by atoms with Gasteiger partial charge in [0.05, 0.1) is 43.6 Å². The third kappa shape index (κ3) is 8.09. The van der Waals surface area contributed by atoms with Crippen LogP contribution in [0.3, 0.4) is 0 Å². The van der Waals surface area contributed by atoms with E-state index in [9.17, 15) is 13.5 Å². The van der Waals surface area contributed by atoms with Crippen molar-refractivity contribution < 1.29 is 37.2 Å². The summed E-state index contributed by atoms with van der Waals surface area (Å²) in [6.45, 7) is 6.62. The van der Waals surface area contributed by atoms with Crippen molar-refractivity contribution in [2.45, 2.75) is 49.6 Å². The number of aryl methyl sites for hydroxylation is 1. The van der Waals surface area contributed by atoms with E-state index in [1.54, 1.807) is 38.5 Å². The summed E-state index contributed by atoms with van der Waals surface area (Å²) in [6, 6.07) is 20.4. The van der Waals surface area contributed by atoms with E-state index in [1.807, 2.05) is 43.3 Å². The molecule has 11 heteroatoms. The van der Waals surface area contributed by atoms with Crippen molar-refractivity contribution in [1.29, 1.82) is 0 Å². The van der Waals surface area contributed by atoms with Crippen LogP contribution >= 0.6 is 0 Å². The Bertz CT molecular complexity index is 1520. The van der Waals surface area contributed by atoms with Crippen LogP contribution in [0.15, 0.2) is 71.6 Å². The summed E-state index contributed by atoms with van der Waals surface area (Å²) in [5.74, 6) is 0.822. The van der Waals surface area contributed by atoms with Crippen LogP contribution in [0, 0.1) is 6.92 Å². The topological polar surface area (TPSA) is 107 Å². The van der Waals surface area contributed by atoms with Crippen LogP contribution in [0.4, 0.5) is 5.69 Å². The van der Waals surface area contributed by atoms with Crippen molar-refractivity contribution in [2.75, 3.05) is 71.7 Å². The molecule has 3 aromatic rings. The maximum atomic E-state index is 13.7. The number of rotatable bonds is 15. The van der Waals surface area contributed by atoms with Gasteiger partial charge in [-0.15, -0.1) is 0 Å². The largest absolute Gasteiger partial charge is 0.490 e. The molecule has 0 unspecified atom stereocenters. The minimum absolute atomic E-state index is 0.00574. The number of ether oxygens (including phenoxy) is 5. The first-order valence-corrected chi connectivity index (χ1v) is 17.2. The minimum atomic E-state index is -3.80. The van der Waals surface area contributed by atoms with Gasteiger partial charge in [0, 0.05) is 40.5 Å². The highest BCUT2D eigenvalue weighted by Gasteiger charge is 2.46. The van der Waals surface area contributed by atoms with E-state index in [2.05, 4.69) is 11.0 Å². The van der Waals surface area contributed by atoms with Crippen molar-refractivity contribution in [3.05, 3.63) is 89.0 Å². The molecular weight excluding hydrogens is 608 g/mol. The summed E-state index contributed by atoms with van der Waals surface area (Å²) < 4.78 is 57.2. The fourth-order valence-corrected chi connectivity index (χ4v) is 7.38. The zero-order chi connectivity index (χ0) is 32.6. The molecule has 46 heavy (non-hydrogen) atoms. The van der Waals surface area contributed by atoms with Crippen molar-refractivity contribution >= 4 is 15.7 Å². The summed E-state index contributed by atoms with van der Waals surface area (Å²) in [7, 11) is -0.461. The Kier molecular flexibility index (Phi) is 11.7. The van der Waals surface area contributed by atoms with Crippen molar-refractivity contribution in [1.82, 2.24) is 4.31 Å². The number of sulfonamides is 1. The highest BCUT2D eigenvalue weighted by Crippen LogP contribution is 2.38. The van der Waals surface area contributed by atoms with E-state index in [0.29, 0.717) is 38.6 Å². The number of hydrogen-bond donors (Lipinski definition) is 1. The Morgan fingerprint density at radius 2 is 1.65 bits per heavy atom. The van der Waals surface area contributed by atoms with Crippen molar-refractivity contribution in [3.63, 3.8) is 0 Å². The van der Waals surface area contributed by atoms with Gasteiger partial charge in [0.1, 0.15) is 24.1 Å². The fraction of sp³-hybridized carbons (Fsp3) is 0.486. The second-order valence-corrected chi connectivity index (χ2v) is 13.8. The number of methoxy groups -OCH3 is 2. The van der Waals surface area contributed by atoms with E-state index < -0.39 is 21.7 Å². The van der Waals surface area contributed by atoms with Gasteiger partial charge >= 0.3 is 0 Å². The molecule has 250 valence electrons. The monoisotopic (exact) mass is 654 g/mol. The highest BCUT2D eigenvalue weighted by atomic mass is 32.2. The second kappa shape index (κ2) is 15.7. The lowest BCUT2D eigenvalue weighted by Gasteiger charge is -2.44. The van der Waals surface area contributed by atoms with Gasteiger partial charge in [0.15, 0.2) is 0 Å². The smallest absolute Gasteiger partial charge is 0.243 e. The number of nitrogens with zero attached hydrogens (tertiary/aromatic N) is 2. The molecule has 0 amide bonds. The van der Waals surface area contributed by atoms with E-state index in [4.69, 9.17) is 23.7 Å². The van der Waals surface area contributed by atoms with E-state index in [-0.39, 0.29) is 31.0 Å². The maximum absolute atomic E-state index is 13.7. The Labute approximate surface area is 272 Å². The van der Waals surface area contributed by atoms with Gasteiger partial charge in [-0.1, -0.05) is 48.0 Å². The molecule has 2 aliphatic rings. The first-order valence-electron chi connectivity index (χ1n) is 15.8. The molecule has 2 aliphatic heterocycles. The standard InChI is InChI=1S/C35H46N2O8S/c1-27-5-12-31(13-6-27)46(39,40)37-17-15-35(38,30-10-7-28(8-11-30)25-43-22-21-42-3)34(24-37)45-26-29-9-14-33-32(23-29)36(18-20-44-33)16-4-19-41-2/h5-14,23,34,38H,4,15-22,24-26H2,1-3H3/t34-,35-/m0/s1. The summed E-state index contributed by atoms with van der Waals surface area (Å²) >= 11 is 0. The molecule has 1 saturated heterocycles. The molecule has 3 aromatic carbocycles. The number of benzene rings is 3. The Hall–Kier alpha value is -3.03. The van der Waals surface area contributed by atoms with E-state index >= 15 is 0 Å². The normalized spacial score (nSPS) is 20.3. The summed E-state index contributed by atoms with van der Waals surface area (Å²) in [4.78, 5) is 2.51. The van der Waals surface area contributed by atoms with Crippen LogP contribution in [0.1, 0.15) is 35.1 Å². The van der Waals surface area contributed by atoms with Gasteiger partial charge in [-0.3, -0.25) is 0 Å². The molecule has 0 aromatic heterocycles. The number of fused-ring (bicyclic) bond motifs is 1. The molecular formula is C35H46N2O8S. The Balaban J connectivity index is 1.37. The van der Waals surface area contributed by atoms with Gasteiger partial charge in [0.25, 0.3) is 0 Å². The number of hydrogen-bond acceptors (Lipinski definition) is 9. The molecule has 2 heterocycles.